The third kappa shape index (κ3) is 6.05. The van der Waals surface area contributed by atoms with E-state index < -0.39 is 11.7 Å². The Labute approximate surface area is 356 Å². The van der Waals surface area contributed by atoms with E-state index in [1.54, 1.807) is 12.1 Å². The predicted octanol–water partition coefficient (Wildman–Crippen LogP) is 14.9. The van der Waals surface area contributed by atoms with Crippen molar-refractivity contribution in [2.75, 3.05) is 0 Å². The minimum atomic E-state index is -4.83. The number of para-hydroxylation sites is 2. The highest BCUT2D eigenvalue weighted by molar-refractivity contribution is 6.13. The number of rotatable bonds is 5. The van der Waals surface area contributed by atoms with Gasteiger partial charge >= 0.3 is 6.18 Å². The normalized spacial score (nSPS) is 11.8. The van der Waals surface area contributed by atoms with Crippen LogP contribution in [-0.4, -0.2) is 9.13 Å². The first-order chi connectivity index (χ1) is 29.9. The van der Waals surface area contributed by atoms with Crippen LogP contribution < -0.4 is 0 Å². The lowest BCUT2D eigenvalue weighted by Gasteiger charge is -2.24. The quantitative estimate of drug-likeness (QED) is 0.174. The Morgan fingerprint density at radius 1 is 0.452 bits per heavy atom. The highest BCUT2D eigenvalue weighted by atomic mass is 19.4. The number of alkyl halides is 3. The van der Waals surface area contributed by atoms with Gasteiger partial charge in [-0.1, -0.05) is 114 Å². The molecule has 10 aromatic rings. The minimum Gasteiger partial charge on any atom is -0.308 e. The van der Waals surface area contributed by atoms with E-state index in [4.69, 9.17) is 0 Å². The van der Waals surface area contributed by atoms with Gasteiger partial charge in [0, 0.05) is 32.7 Å². The van der Waals surface area contributed by atoms with Crippen molar-refractivity contribution < 1.29 is 13.2 Å². The molecule has 0 saturated heterocycles. The van der Waals surface area contributed by atoms with Crippen molar-refractivity contribution >= 4 is 43.6 Å². The number of nitriles is 2. The second-order valence-corrected chi connectivity index (χ2v) is 16.1. The van der Waals surface area contributed by atoms with E-state index in [-0.39, 0.29) is 22.3 Å². The average Bonchev–Trinajstić information content (AvgIpc) is 3.77. The summed E-state index contributed by atoms with van der Waals surface area (Å²) in [5, 5.41) is 25.2. The van der Waals surface area contributed by atoms with E-state index in [9.17, 15) is 10.5 Å². The average molecular weight is 811 g/mol. The number of nitrogens with zero attached hydrogens (tertiary/aromatic N) is 4. The summed E-state index contributed by atoms with van der Waals surface area (Å²) in [4.78, 5) is 0. The molecule has 8 aromatic carbocycles. The summed E-state index contributed by atoms with van der Waals surface area (Å²) in [6, 6.07) is 52.2. The number of hydrogen-bond acceptors (Lipinski definition) is 2. The molecule has 2 aromatic heterocycles. The lowest BCUT2D eigenvalue weighted by molar-refractivity contribution is -0.137. The van der Waals surface area contributed by atoms with Crippen molar-refractivity contribution in [1.82, 2.24) is 9.13 Å². The highest BCUT2D eigenvalue weighted by Crippen LogP contribution is 2.48. The minimum absolute atomic E-state index is 0.138. The summed E-state index contributed by atoms with van der Waals surface area (Å²) in [5.74, 6) is 0. The monoisotopic (exact) mass is 810 g/mol. The van der Waals surface area contributed by atoms with Gasteiger partial charge in [-0.2, -0.15) is 23.7 Å². The van der Waals surface area contributed by atoms with Crippen LogP contribution in [0.1, 0.15) is 38.9 Å². The van der Waals surface area contributed by atoms with Crippen LogP contribution in [-0.2, 0) is 6.18 Å². The first-order valence-corrected chi connectivity index (χ1v) is 20.4. The van der Waals surface area contributed by atoms with Crippen LogP contribution in [0, 0.1) is 50.4 Å². The maximum atomic E-state index is 15.6. The number of hydrogen-bond donors (Lipinski definition) is 0. The molecule has 7 heteroatoms. The number of aryl methyl sites for hydroxylation is 4. The van der Waals surface area contributed by atoms with Crippen LogP contribution in [0.5, 0.6) is 0 Å². The van der Waals surface area contributed by atoms with E-state index in [1.165, 1.54) is 12.1 Å². The molecule has 10 rings (SSSR count). The lowest BCUT2D eigenvalue weighted by Crippen LogP contribution is -2.12. The van der Waals surface area contributed by atoms with E-state index in [0.29, 0.717) is 11.4 Å². The summed E-state index contributed by atoms with van der Waals surface area (Å²) >= 11 is 0. The highest BCUT2D eigenvalue weighted by Gasteiger charge is 2.37. The fraction of sp³-hybridized carbons (Fsp3) is 0.0909. The molecule has 0 aliphatic rings. The SMILES string of the molecule is Cc1ccc(-c2ccc3c4ccccc4n(-c4cc(C#N)cc(-n5c6ccccc6c6ccc(-c7ccc(C)cc7C)cc65)c4-c4c(C#N)cccc4C(F)(F)F)c3c2)c(C)c1. The molecule has 0 aliphatic heterocycles. The maximum absolute atomic E-state index is 15.6. The number of aromatic nitrogens is 2. The summed E-state index contributed by atoms with van der Waals surface area (Å²) in [6.45, 7) is 8.24. The second-order valence-electron chi connectivity index (χ2n) is 16.1. The van der Waals surface area contributed by atoms with Gasteiger partial charge in [-0.15, -0.1) is 0 Å². The first kappa shape index (κ1) is 38.3. The lowest BCUT2D eigenvalue weighted by atomic mass is 9.90. The van der Waals surface area contributed by atoms with E-state index in [1.807, 2.05) is 57.7 Å². The van der Waals surface area contributed by atoms with Crippen molar-refractivity contribution in [1.29, 1.82) is 10.5 Å². The third-order valence-corrected chi connectivity index (χ3v) is 12.2. The van der Waals surface area contributed by atoms with Gasteiger partial charge in [-0.25, -0.2) is 0 Å². The predicted molar refractivity (Wildman–Crippen MR) is 245 cm³/mol. The molecule has 0 bridgehead atoms. The van der Waals surface area contributed by atoms with Gasteiger partial charge in [0.1, 0.15) is 0 Å². The Kier molecular flexibility index (Phi) is 8.91. The van der Waals surface area contributed by atoms with Gasteiger partial charge in [-0.3, -0.25) is 0 Å². The Morgan fingerprint density at radius 3 is 1.39 bits per heavy atom. The van der Waals surface area contributed by atoms with Gasteiger partial charge in [0.15, 0.2) is 0 Å². The summed E-state index contributed by atoms with van der Waals surface area (Å²) < 4.78 is 50.7. The molecule has 0 spiro atoms. The molecule has 0 N–H and O–H groups in total. The van der Waals surface area contributed by atoms with Gasteiger partial charge < -0.3 is 9.13 Å². The molecule has 0 radical (unpaired) electrons. The third-order valence-electron chi connectivity index (χ3n) is 12.2. The van der Waals surface area contributed by atoms with Crippen LogP contribution in [0.15, 0.2) is 152 Å². The standard InChI is InChI=1S/C55H37F3N4/c1-32-16-20-40(34(3)24-32)37-18-22-44-42-11-5-7-14-47(42)61(49(44)28-37)51-26-36(30-59)27-52(54(51)53-39(31-60)10-9-13-46(53)55(56,57)58)62-48-15-8-6-12-43(48)45-23-19-38(29-50(45)62)41-21-17-33(2)25-35(41)4/h5-29H,1-4H3. The Bertz CT molecular complexity index is 3400. The van der Waals surface area contributed by atoms with Gasteiger partial charge in [0.2, 0.25) is 0 Å². The van der Waals surface area contributed by atoms with Crippen molar-refractivity contribution in [2.45, 2.75) is 33.9 Å². The van der Waals surface area contributed by atoms with Crippen molar-refractivity contribution in [2.24, 2.45) is 0 Å². The molecule has 0 atom stereocenters. The number of halogens is 3. The molecule has 4 nitrogen and oxygen atoms in total. The van der Waals surface area contributed by atoms with Gasteiger partial charge in [0.05, 0.1) is 62.3 Å². The second kappa shape index (κ2) is 14.4. The molecule has 298 valence electrons. The van der Waals surface area contributed by atoms with Crippen LogP contribution >= 0.6 is 0 Å². The Balaban J connectivity index is 1.42. The van der Waals surface area contributed by atoms with Crippen molar-refractivity contribution in [3.63, 3.8) is 0 Å². The number of benzene rings is 8. The molecular formula is C55H37F3N4. The smallest absolute Gasteiger partial charge is 0.308 e. The zero-order valence-corrected chi connectivity index (χ0v) is 34.4. The summed E-state index contributed by atoms with van der Waals surface area (Å²) in [5.41, 5.74) is 11.1. The van der Waals surface area contributed by atoms with Crippen LogP contribution in [0.2, 0.25) is 0 Å². The fourth-order valence-electron chi connectivity index (χ4n) is 9.51. The van der Waals surface area contributed by atoms with E-state index in [0.717, 1.165) is 94.2 Å². The van der Waals surface area contributed by atoms with Crippen molar-refractivity contribution in [3.05, 3.63) is 191 Å². The maximum Gasteiger partial charge on any atom is 0.417 e. The van der Waals surface area contributed by atoms with Crippen LogP contribution in [0.3, 0.4) is 0 Å². The summed E-state index contributed by atoms with van der Waals surface area (Å²) in [7, 11) is 0. The number of fused-ring (bicyclic) bond motifs is 6. The Hall–Kier alpha value is -7.87. The zero-order chi connectivity index (χ0) is 43.0. The molecule has 0 saturated carbocycles. The summed E-state index contributed by atoms with van der Waals surface area (Å²) in [6.07, 6.45) is -4.83. The molecule has 0 aliphatic carbocycles. The zero-order valence-electron chi connectivity index (χ0n) is 34.4. The van der Waals surface area contributed by atoms with Crippen LogP contribution in [0.25, 0.3) is 88.4 Å². The molecule has 62 heavy (non-hydrogen) atoms. The van der Waals surface area contributed by atoms with Crippen molar-refractivity contribution in [3.8, 4) is 56.9 Å². The molecular weight excluding hydrogens is 774 g/mol. The van der Waals surface area contributed by atoms with E-state index >= 15 is 13.2 Å². The topological polar surface area (TPSA) is 57.4 Å². The van der Waals surface area contributed by atoms with E-state index in [2.05, 4.69) is 113 Å². The largest absolute Gasteiger partial charge is 0.417 e. The fourth-order valence-corrected chi connectivity index (χ4v) is 9.51. The molecule has 2 heterocycles. The van der Waals surface area contributed by atoms with Gasteiger partial charge in [0.25, 0.3) is 0 Å². The first-order valence-electron chi connectivity index (χ1n) is 20.4. The van der Waals surface area contributed by atoms with Gasteiger partial charge in [-0.05, 0) is 110 Å². The molecule has 0 fully saturated rings. The Morgan fingerprint density at radius 2 is 0.935 bits per heavy atom. The van der Waals surface area contributed by atoms with Crippen LogP contribution in [0.4, 0.5) is 13.2 Å². The molecule has 0 unspecified atom stereocenters. The molecule has 0 amide bonds.